The minimum atomic E-state index is -1.82. The lowest BCUT2D eigenvalue weighted by atomic mass is 10.1. The molecule has 2 fully saturated rings. The van der Waals surface area contributed by atoms with Gasteiger partial charge in [0.25, 0.3) is 0 Å². The molecule has 0 aromatic carbocycles. The Labute approximate surface area is 163 Å². The van der Waals surface area contributed by atoms with E-state index in [1.54, 1.807) is 4.90 Å². The van der Waals surface area contributed by atoms with Gasteiger partial charge in [-0.15, -0.1) is 0 Å². The van der Waals surface area contributed by atoms with E-state index in [0.29, 0.717) is 19.0 Å². The Bertz CT molecular complexity index is 433. The second-order valence-corrected chi connectivity index (χ2v) is 6.71. The molecule has 2 aliphatic heterocycles. The van der Waals surface area contributed by atoms with E-state index in [9.17, 15) is 4.79 Å². The molecule has 4 atom stereocenters. The van der Waals surface area contributed by atoms with Gasteiger partial charge in [0, 0.05) is 19.1 Å². The van der Waals surface area contributed by atoms with E-state index < -0.39 is 45.1 Å². The van der Waals surface area contributed by atoms with Crippen LogP contribution < -0.4 is 10.6 Å². The smallest absolute Gasteiger partial charge is 0.402 e. The Morgan fingerprint density at radius 1 is 1.18 bits per heavy atom. The first-order valence-electron chi connectivity index (χ1n) is 9.31. The van der Waals surface area contributed by atoms with Crippen molar-refractivity contribution in [3.05, 3.63) is 0 Å². The molecule has 2 rings (SSSR count). The van der Waals surface area contributed by atoms with Crippen molar-refractivity contribution in [2.24, 2.45) is 0 Å². The molecule has 0 aromatic rings. The van der Waals surface area contributed by atoms with Gasteiger partial charge in [-0.1, -0.05) is 0 Å². The highest BCUT2D eigenvalue weighted by Crippen LogP contribution is 2.18. The molecule has 0 spiro atoms. The van der Waals surface area contributed by atoms with Crippen LogP contribution in [0.5, 0.6) is 0 Å². The van der Waals surface area contributed by atoms with E-state index in [0.717, 1.165) is 25.9 Å². The number of carbonyl (C=O) groups excluding carboxylic acids is 1. The Hall–Kier alpha value is -0.865. The van der Waals surface area contributed by atoms with Gasteiger partial charge in [0.05, 0.1) is 19.8 Å². The van der Waals surface area contributed by atoms with Gasteiger partial charge in [0.2, 0.25) is 5.91 Å². The van der Waals surface area contributed by atoms with Gasteiger partial charge in [-0.25, -0.2) is 0 Å². The maximum absolute atomic E-state index is 12.0. The second kappa shape index (κ2) is 13.4. The van der Waals surface area contributed by atoms with E-state index in [1.165, 1.54) is 0 Å². The standard InChI is InChI=1S/C10H20BN3O4.C5H12O5/c15-9(7-13-8-3-4-12-6-8)14-5-1-2-10(14)18-11(16)17;6-1-3(8)5(10)4(9)2-7/h8,10,12-13,16-17H,1-7H2;3-10H,1-2H2/t8-,10-;/m1./s1. The largest absolute Gasteiger partial charge is 0.635 e. The van der Waals surface area contributed by atoms with E-state index in [4.69, 9.17) is 40.2 Å². The maximum Gasteiger partial charge on any atom is 0.635 e. The summed E-state index contributed by atoms with van der Waals surface area (Å²) in [5, 5.41) is 66.6. The predicted molar refractivity (Wildman–Crippen MR) is 97.5 cm³/mol. The molecule has 164 valence electrons. The normalized spacial score (nSPS) is 25.0. The number of nitrogens with zero attached hydrogens (tertiary/aromatic N) is 1. The summed E-state index contributed by atoms with van der Waals surface area (Å²) >= 11 is 0. The molecule has 0 aromatic heterocycles. The highest BCUT2D eigenvalue weighted by atomic mass is 16.6. The molecular weight excluding hydrogens is 377 g/mol. The SMILES string of the molecule is O=C(CN[C@@H]1CCNC1)N1CCC[C@H]1OB(O)O.OCC(O)C(O)C(O)CO. The van der Waals surface area contributed by atoms with Crippen LogP contribution in [0.25, 0.3) is 0 Å². The van der Waals surface area contributed by atoms with E-state index in [1.807, 2.05) is 0 Å². The van der Waals surface area contributed by atoms with Crippen molar-refractivity contribution < 1.29 is 45.0 Å². The molecule has 28 heavy (non-hydrogen) atoms. The first kappa shape index (κ1) is 25.2. The molecule has 13 heteroatoms. The van der Waals surface area contributed by atoms with Crippen LogP contribution >= 0.6 is 0 Å². The minimum Gasteiger partial charge on any atom is -0.402 e. The summed E-state index contributed by atoms with van der Waals surface area (Å²) < 4.78 is 4.89. The van der Waals surface area contributed by atoms with E-state index >= 15 is 0 Å². The summed E-state index contributed by atoms with van der Waals surface area (Å²) in [7, 11) is -1.82. The van der Waals surface area contributed by atoms with Crippen LogP contribution in [-0.4, -0.2) is 124 Å². The quantitative estimate of drug-likeness (QED) is 0.165. The Morgan fingerprint density at radius 2 is 1.82 bits per heavy atom. The van der Waals surface area contributed by atoms with Gasteiger partial charge >= 0.3 is 7.32 Å². The zero-order chi connectivity index (χ0) is 21.1. The third-order valence-electron chi connectivity index (χ3n) is 4.56. The molecule has 9 N–H and O–H groups in total. The summed E-state index contributed by atoms with van der Waals surface area (Å²) in [6, 6.07) is 0.347. The van der Waals surface area contributed by atoms with Crippen LogP contribution in [0, 0.1) is 0 Å². The van der Waals surface area contributed by atoms with Crippen LogP contribution in [0.15, 0.2) is 0 Å². The number of aliphatic hydroxyl groups is 5. The second-order valence-electron chi connectivity index (χ2n) is 6.71. The first-order valence-corrected chi connectivity index (χ1v) is 9.31. The number of aliphatic hydroxyl groups excluding tert-OH is 5. The van der Waals surface area contributed by atoms with Crippen LogP contribution in [-0.2, 0) is 9.45 Å². The molecule has 2 aliphatic rings. The van der Waals surface area contributed by atoms with Crippen LogP contribution in [0.2, 0.25) is 0 Å². The van der Waals surface area contributed by atoms with Crippen molar-refractivity contribution in [1.29, 1.82) is 0 Å². The fourth-order valence-corrected chi connectivity index (χ4v) is 2.94. The molecule has 0 aliphatic carbocycles. The molecule has 0 radical (unpaired) electrons. The number of hydrogen-bond acceptors (Lipinski definition) is 11. The molecule has 2 unspecified atom stereocenters. The molecular formula is C15H32BN3O9. The van der Waals surface area contributed by atoms with Crippen molar-refractivity contribution in [2.75, 3.05) is 39.4 Å². The highest BCUT2D eigenvalue weighted by molar-refractivity contribution is 6.32. The summed E-state index contributed by atoms with van der Waals surface area (Å²) in [6.45, 7) is 1.48. The lowest BCUT2D eigenvalue weighted by Gasteiger charge is -2.25. The van der Waals surface area contributed by atoms with Gasteiger partial charge in [-0.05, 0) is 25.8 Å². The first-order chi connectivity index (χ1) is 13.3. The summed E-state index contributed by atoms with van der Waals surface area (Å²) in [5.41, 5.74) is 0. The van der Waals surface area contributed by atoms with Gasteiger partial charge < -0.3 is 55.8 Å². The molecule has 0 bridgehead atoms. The highest BCUT2D eigenvalue weighted by Gasteiger charge is 2.32. The van der Waals surface area contributed by atoms with Gasteiger partial charge in [0.1, 0.15) is 24.5 Å². The molecule has 2 saturated heterocycles. The van der Waals surface area contributed by atoms with Crippen molar-refractivity contribution in [1.82, 2.24) is 15.5 Å². The topological polar surface area (TPSA) is 195 Å². The summed E-state index contributed by atoms with van der Waals surface area (Å²) in [6.07, 6.45) is -2.30. The van der Waals surface area contributed by atoms with Gasteiger partial charge in [0.15, 0.2) is 0 Å². The van der Waals surface area contributed by atoms with Crippen LogP contribution in [0.3, 0.4) is 0 Å². The fourth-order valence-electron chi connectivity index (χ4n) is 2.94. The number of amides is 1. The summed E-state index contributed by atoms with van der Waals surface area (Å²) in [5.74, 6) is -0.0509. The Kier molecular flexibility index (Phi) is 12.0. The van der Waals surface area contributed by atoms with Gasteiger partial charge in [-0.3, -0.25) is 4.79 Å². The zero-order valence-electron chi connectivity index (χ0n) is 15.7. The van der Waals surface area contributed by atoms with Crippen LogP contribution in [0.4, 0.5) is 0 Å². The Morgan fingerprint density at radius 3 is 2.32 bits per heavy atom. The van der Waals surface area contributed by atoms with Crippen molar-refractivity contribution in [3.63, 3.8) is 0 Å². The predicted octanol–water partition coefficient (Wildman–Crippen LogP) is -5.07. The molecule has 1 amide bonds. The van der Waals surface area contributed by atoms with Crippen molar-refractivity contribution in [3.8, 4) is 0 Å². The number of carbonyl (C=O) groups is 1. The average molecular weight is 409 g/mol. The maximum atomic E-state index is 12.0. The fraction of sp³-hybridized carbons (Fsp3) is 0.933. The zero-order valence-corrected chi connectivity index (χ0v) is 15.7. The third kappa shape index (κ3) is 8.65. The Balaban J connectivity index is 0.000000336. The molecule has 2 heterocycles. The molecule has 0 saturated carbocycles. The third-order valence-corrected chi connectivity index (χ3v) is 4.56. The monoisotopic (exact) mass is 409 g/mol. The average Bonchev–Trinajstić information content (AvgIpc) is 3.36. The summed E-state index contributed by atoms with van der Waals surface area (Å²) in [4.78, 5) is 13.6. The number of hydrogen-bond donors (Lipinski definition) is 9. The lowest BCUT2D eigenvalue weighted by molar-refractivity contribution is -0.136. The number of nitrogens with one attached hydrogen (secondary N) is 2. The number of likely N-dealkylation sites (tertiary alicyclic amines) is 1. The van der Waals surface area contributed by atoms with E-state index in [2.05, 4.69) is 10.6 Å². The van der Waals surface area contributed by atoms with Crippen molar-refractivity contribution in [2.45, 2.75) is 49.8 Å². The molecule has 12 nitrogen and oxygen atoms in total. The van der Waals surface area contributed by atoms with Gasteiger partial charge in [-0.2, -0.15) is 0 Å². The lowest BCUT2D eigenvalue weighted by Crippen LogP contribution is -2.46. The van der Waals surface area contributed by atoms with Crippen molar-refractivity contribution >= 4 is 13.2 Å². The van der Waals surface area contributed by atoms with E-state index in [-0.39, 0.29) is 12.5 Å². The van der Waals surface area contributed by atoms with Crippen LogP contribution in [0.1, 0.15) is 19.3 Å². The minimum absolute atomic E-state index is 0.0509. The number of rotatable bonds is 9.